The first-order chi connectivity index (χ1) is 11.6. The Morgan fingerprint density at radius 3 is 2.79 bits per heavy atom. The van der Waals surface area contributed by atoms with Gasteiger partial charge in [0, 0.05) is 17.0 Å². The average molecular weight is 348 g/mol. The van der Waals surface area contributed by atoms with Crippen molar-refractivity contribution in [2.45, 2.75) is 25.9 Å². The summed E-state index contributed by atoms with van der Waals surface area (Å²) < 4.78 is 16.0. The first-order valence-electron chi connectivity index (χ1n) is 7.74. The number of nitrogens with one attached hydrogen (secondary N) is 1. The lowest BCUT2D eigenvalue weighted by molar-refractivity contribution is -0.124. The number of rotatable bonds is 5. The summed E-state index contributed by atoms with van der Waals surface area (Å²) in [5.74, 6) is 1.19. The zero-order chi connectivity index (χ0) is 17.1. The van der Waals surface area contributed by atoms with E-state index in [-0.39, 0.29) is 12.0 Å². The van der Waals surface area contributed by atoms with E-state index < -0.39 is 0 Å². The van der Waals surface area contributed by atoms with Crippen LogP contribution in [0.3, 0.4) is 0 Å². The Morgan fingerprint density at radius 1 is 1.33 bits per heavy atom. The van der Waals surface area contributed by atoms with Crippen LogP contribution in [-0.2, 0) is 9.53 Å². The average Bonchev–Trinajstić information content (AvgIpc) is 3.24. The zero-order valence-corrected chi connectivity index (χ0v) is 14.7. The highest BCUT2D eigenvalue weighted by Gasteiger charge is 2.24. The predicted molar refractivity (Wildman–Crippen MR) is 93.0 cm³/mol. The number of methoxy groups -OCH3 is 2. The number of ether oxygens (including phenoxy) is 3. The Hall–Kier alpha value is -2.12. The molecule has 3 rings (SSSR count). The number of carbonyl (C=O) groups excluding carboxylic acids is 1. The van der Waals surface area contributed by atoms with Crippen molar-refractivity contribution in [1.82, 2.24) is 4.98 Å². The van der Waals surface area contributed by atoms with Crippen LogP contribution in [0.5, 0.6) is 11.5 Å². The maximum absolute atomic E-state index is 12.1. The molecular formula is C17H20N2O4S. The Morgan fingerprint density at radius 2 is 2.12 bits per heavy atom. The summed E-state index contributed by atoms with van der Waals surface area (Å²) in [6.45, 7) is 2.62. The molecule has 24 heavy (non-hydrogen) atoms. The lowest BCUT2D eigenvalue weighted by Crippen LogP contribution is -2.26. The fourth-order valence-corrected chi connectivity index (χ4v) is 3.51. The molecule has 0 aliphatic carbocycles. The quantitative estimate of drug-likeness (QED) is 0.898. The molecule has 0 saturated carbocycles. The highest BCUT2D eigenvalue weighted by Crippen LogP contribution is 2.36. The van der Waals surface area contributed by atoms with E-state index in [2.05, 4.69) is 10.3 Å². The number of aryl methyl sites for hydroxylation is 1. The van der Waals surface area contributed by atoms with Gasteiger partial charge in [-0.1, -0.05) is 0 Å². The monoisotopic (exact) mass is 348 g/mol. The van der Waals surface area contributed by atoms with Crippen LogP contribution >= 0.6 is 11.3 Å². The van der Waals surface area contributed by atoms with Gasteiger partial charge in [0.05, 0.1) is 19.9 Å². The highest BCUT2D eigenvalue weighted by molar-refractivity contribution is 7.16. The second-order valence-corrected chi connectivity index (χ2v) is 6.69. The van der Waals surface area contributed by atoms with Crippen molar-refractivity contribution >= 4 is 22.4 Å². The van der Waals surface area contributed by atoms with Crippen molar-refractivity contribution in [2.75, 3.05) is 26.1 Å². The molecular weight excluding hydrogens is 328 g/mol. The third-order valence-corrected chi connectivity index (χ3v) is 4.79. The summed E-state index contributed by atoms with van der Waals surface area (Å²) in [7, 11) is 3.20. The zero-order valence-electron chi connectivity index (χ0n) is 13.9. The Bertz CT molecular complexity index is 738. The molecule has 2 aromatic rings. The molecule has 0 spiro atoms. The van der Waals surface area contributed by atoms with E-state index in [1.165, 1.54) is 11.3 Å². The van der Waals surface area contributed by atoms with Crippen LogP contribution in [0.1, 0.15) is 17.7 Å². The first kappa shape index (κ1) is 16.7. The van der Waals surface area contributed by atoms with Crippen molar-refractivity contribution in [3.8, 4) is 22.8 Å². The molecule has 1 saturated heterocycles. The highest BCUT2D eigenvalue weighted by atomic mass is 32.1. The number of hydrogen-bond acceptors (Lipinski definition) is 6. The van der Waals surface area contributed by atoms with Gasteiger partial charge >= 0.3 is 0 Å². The van der Waals surface area contributed by atoms with Gasteiger partial charge in [-0.3, -0.25) is 10.1 Å². The molecule has 0 radical (unpaired) electrons. The minimum absolute atomic E-state index is 0.125. The molecule has 128 valence electrons. The van der Waals surface area contributed by atoms with Gasteiger partial charge in [-0.15, -0.1) is 11.3 Å². The van der Waals surface area contributed by atoms with Crippen LogP contribution in [0.2, 0.25) is 0 Å². The second-order valence-electron chi connectivity index (χ2n) is 5.48. The molecule has 6 nitrogen and oxygen atoms in total. The van der Waals surface area contributed by atoms with Crippen LogP contribution < -0.4 is 14.8 Å². The molecule has 1 aromatic carbocycles. The van der Waals surface area contributed by atoms with Gasteiger partial charge in [-0.25, -0.2) is 4.98 Å². The summed E-state index contributed by atoms with van der Waals surface area (Å²) in [6, 6.07) is 5.65. The molecule has 1 atom stereocenters. The molecule has 1 aliphatic rings. The number of thiazole rings is 1. The largest absolute Gasteiger partial charge is 0.493 e. The second kappa shape index (κ2) is 7.19. The lowest BCUT2D eigenvalue weighted by Gasteiger charge is -2.09. The minimum atomic E-state index is -0.362. The standard InChI is InChI=1S/C17H20N2O4S/c1-10-15(11-6-7-12(21-2)14(9-11)22-3)18-17(24-10)19-16(20)13-5-4-8-23-13/h6-7,9,13H,4-5,8H2,1-3H3,(H,18,19,20). The van der Waals surface area contributed by atoms with Crippen LogP contribution in [0.15, 0.2) is 18.2 Å². The van der Waals surface area contributed by atoms with E-state index in [0.717, 1.165) is 29.0 Å². The maximum atomic E-state index is 12.1. The Kier molecular flexibility index (Phi) is 5.01. The molecule has 2 heterocycles. The van der Waals surface area contributed by atoms with Crippen molar-refractivity contribution < 1.29 is 19.0 Å². The summed E-state index contributed by atoms with van der Waals surface area (Å²) in [4.78, 5) is 17.7. The SMILES string of the molecule is COc1ccc(-c2nc(NC(=O)C3CCCO3)sc2C)cc1OC. The number of anilines is 1. The fourth-order valence-electron chi connectivity index (χ4n) is 2.67. The van der Waals surface area contributed by atoms with E-state index in [1.807, 2.05) is 25.1 Å². The van der Waals surface area contributed by atoms with Gasteiger partial charge in [0.15, 0.2) is 16.6 Å². The fraction of sp³-hybridized carbons (Fsp3) is 0.412. The van der Waals surface area contributed by atoms with Crippen molar-refractivity contribution in [3.05, 3.63) is 23.1 Å². The number of aromatic nitrogens is 1. The number of carbonyl (C=O) groups is 1. The predicted octanol–water partition coefficient (Wildman–Crippen LogP) is 3.25. The lowest BCUT2D eigenvalue weighted by atomic mass is 10.1. The van der Waals surface area contributed by atoms with Gasteiger partial charge in [-0.05, 0) is 38.0 Å². The van der Waals surface area contributed by atoms with Crippen molar-refractivity contribution in [1.29, 1.82) is 0 Å². The van der Waals surface area contributed by atoms with E-state index in [1.54, 1.807) is 14.2 Å². The molecule has 1 aromatic heterocycles. The number of amides is 1. The molecule has 7 heteroatoms. The van der Waals surface area contributed by atoms with Crippen molar-refractivity contribution in [3.63, 3.8) is 0 Å². The minimum Gasteiger partial charge on any atom is -0.493 e. The molecule has 1 fully saturated rings. The smallest absolute Gasteiger partial charge is 0.255 e. The number of nitrogens with zero attached hydrogens (tertiary/aromatic N) is 1. The normalized spacial score (nSPS) is 16.9. The molecule has 1 aliphatic heterocycles. The Balaban J connectivity index is 1.82. The number of hydrogen-bond donors (Lipinski definition) is 1. The summed E-state index contributed by atoms with van der Waals surface area (Å²) in [6.07, 6.45) is 1.32. The summed E-state index contributed by atoms with van der Waals surface area (Å²) >= 11 is 1.45. The van der Waals surface area contributed by atoms with E-state index in [0.29, 0.717) is 23.2 Å². The summed E-state index contributed by atoms with van der Waals surface area (Å²) in [5.41, 5.74) is 1.74. The maximum Gasteiger partial charge on any atom is 0.255 e. The molecule has 1 amide bonds. The molecule has 1 N–H and O–H groups in total. The van der Waals surface area contributed by atoms with Gasteiger partial charge in [0.1, 0.15) is 6.10 Å². The Labute approximate surface area is 144 Å². The molecule has 0 bridgehead atoms. The van der Waals surface area contributed by atoms with Crippen LogP contribution in [0.25, 0.3) is 11.3 Å². The third-order valence-electron chi connectivity index (χ3n) is 3.91. The van der Waals surface area contributed by atoms with Gasteiger partial charge in [-0.2, -0.15) is 0 Å². The van der Waals surface area contributed by atoms with Crippen LogP contribution in [-0.4, -0.2) is 37.8 Å². The number of benzene rings is 1. The summed E-state index contributed by atoms with van der Waals surface area (Å²) in [5, 5.41) is 3.43. The van der Waals surface area contributed by atoms with E-state index >= 15 is 0 Å². The van der Waals surface area contributed by atoms with Gasteiger partial charge in [0.25, 0.3) is 5.91 Å². The van der Waals surface area contributed by atoms with Crippen LogP contribution in [0, 0.1) is 6.92 Å². The van der Waals surface area contributed by atoms with Crippen molar-refractivity contribution in [2.24, 2.45) is 0 Å². The first-order valence-corrected chi connectivity index (χ1v) is 8.56. The molecule has 1 unspecified atom stereocenters. The third kappa shape index (κ3) is 3.37. The topological polar surface area (TPSA) is 69.7 Å². The van der Waals surface area contributed by atoms with Gasteiger partial charge in [0.2, 0.25) is 0 Å². The van der Waals surface area contributed by atoms with E-state index in [4.69, 9.17) is 14.2 Å². The van der Waals surface area contributed by atoms with E-state index in [9.17, 15) is 4.79 Å². The van der Waals surface area contributed by atoms with Gasteiger partial charge < -0.3 is 14.2 Å². The van der Waals surface area contributed by atoms with Crippen LogP contribution in [0.4, 0.5) is 5.13 Å².